The van der Waals surface area contributed by atoms with Crippen LogP contribution in [0.15, 0.2) is 18.5 Å². The molecule has 0 aliphatic heterocycles. The van der Waals surface area contributed by atoms with E-state index in [-0.39, 0.29) is 25.7 Å². The number of hydrogen-bond acceptors (Lipinski definition) is 4. The van der Waals surface area contributed by atoms with Gasteiger partial charge in [-0.2, -0.15) is 0 Å². The van der Waals surface area contributed by atoms with Crippen LogP contribution in [0, 0.1) is 11.8 Å². The number of likely N-dealkylation sites (N-methyl/N-ethyl adjacent to an activating group) is 1. The van der Waals surface area contributed by atoms with Crippen LogP contribution in [0.3, 0.4) is 0 Å². The van der Waals surface area contributed by atoms with Gasteiger partial charge in [0.25, 0.3) is 5.91 Å². The highest BCUT2D eigenvalue weighted by molar-refractivity contribution is 5.94. The molecule has 0 fully saturated rings. The molecule has 5 heteroatoms. The SMILES string of the molecule is CN(CCO)C(=O)c1cncc(C#CCO)c1. The van der Waals surface area contributed by atoms with E-state index in [0.717, 1.165) is 0 Å². The summed E-state index contributed by atoms with van der Waals surface area (Å²) in [7, 11) is 1.60. The third kappa shape index (κ3) is 3.87. The molecule has 0 unspecified atom stereocenters. The number of amides is 1. The zero-order chi connectivity index (χ0) is 12.7. The zero-order valence-corrected chi connectivity index (χ0v) is 9.55. The first-order chi connectivity index (χ1) is 8.19. The average molecular weight is 234 g/mol. The summed E-state index contributed by atoms with van der Waals surface area (Å²) < 4.78 is 0. The molecule has 0 spiro atoms. The minimum atomic E-state index is -0.234. The van der Waals surface area contributed by atoms with Crippen LogP contribution in [0.5, 0.6) is 0 Å². The van der Waals surface area contributed by atoms with Crippen molar-refractivity contribution in [1.29, 1.82) is 0 Å². The first kappa shape index (κ1) is 13.2. The highest BCUT2D eigenvalue weighted by atomic mass is 16.3. The molecular weight excluding hydrogens is 220 g/mol. The van der Waals surface area contributed by atoms with E-state index in [1.807, 2.05) is 0 Å². The molecule has 1 rings (SSSR count). The van der Waals surface area contributed by atoms with Gasteiger partial charge in [0.2, 0.25) is 0 Å². The lowest BCUT2D eigenvalue weighted by atomic mass is 10.2. The molecule has 90 valence electrons. The molecule has 0 aliphatic carbocycles. The van der Waals surface area contributed by atoms with E-state index in [2.05, 4.69) is 16.8 Å². The van der Waals surface area contributed by atoms with E-state index in [1.54, 1.807) is 13.1 Å². The molecule has 0 saturated heterocycles. The van der Waals surface area contributed by atoms with E-state index in [0.29, 0.717) is 11.1 Å². The second-order valence-electron chi connectivity index (χ2n) is 3.37. The topological polar surface area (TPSA) is 73.7 Å². The molecule has 0 atom stereocenters. The molecule has 0 aromatic carbocycles. The Kier molecular flexibility index (Phi) is 5.14. The summed E-state index contributed by atoms with van der Waals surface area (Å²) in [6, 6.07) is 1.60. The van der Waals surface area contributed by atoms with Crippen LogP contribution >= 0.6 is 0 Å². The van der Waals surface area contributed by atoms with Crippen molar-refractivity contribution in [3.63, 3.8) is 0 Å². The monoisotopic (exact) mass is 234 g/mol. The van der Waals surface area contributed by atoms with Crippen LogP contribution in [0.1, 0.15) is 15.9 Å². The van der Waals surface area contributed by atoms with Gasteiger partial charge in [-0.1, -0.05) is 11.8 Å². The Morgan fingerprint density at radius 3 is 2.88 bits per heavy atom. The molecule has 0 aliphatic rings. The predicted molar refractivity (Wildman–Crippen MR) is 62.2 cm³/mol. The Labute approximate surface area is 99.7 Å². The number of aromatic nitrogens is 1. The number of aliphatic hydroxyl groups excluding tert-OH is 2. The minimum Gasteiger partial charge on any atom is -0.395 e. The summed E-state index contributed by atoms with van der Waals surface area (Å²) in [6.07, 6.45) is 2.96. The summed E-state index contributed by atoms with van der Waals surface area (Å²) in [5.74, 6) is 4.94. The number of carbonyl (C=O) groups excluding carboxylic acids is 1. The third-order valence-corrected chi connectivity index (χ3v) is 2.08. The van der Waals surface area contributed by atoms with Gasteiger partial charge in [-0.3, -0.25) is 9.78 Å². The molecule has 1 aromatic rings. The first-order valence-corrected chi connectivity index (χ1v) is 5.10. The summed E-state index contributed by atoms with van der Waals surface area (Å²) in [5.41, 5.74) is 0.980. The molecule has 1 amide bonds. The number of aliphatic hydroxyl groups is 2. The van der Waals surface area contributed by atoms with Crippen LogP contribution in [0.4, 0.5) is 0 Å². The van der Waals surface area contributed by atoms with Gasteiger partial charge in [-0.05, 0) is 6.07 Å². The number of carbonyl (C=O) groups is 1. The minimum absolute atomic E-state index is 0.0837. The summed E-state index contributed by atoms with van der Waals surface area (Å²) in [5, 5.41) is 17.3. The lowest BCUT2D eigenvalue weighted by molar-refractivity contribution is 0.0766. The van der Waals surface area contributed by atoms with Crippen molar-refractivity contribution in [1.82, 2.24) is 9.88 Å². The quantitative estimate of drug-likeness (QED) is 0.691. The lowest BCUT2D eigenvalue weighted by Gasteiger charge is -2.15. The smallest absolute Gasteiger partial charge is 0.255 e. The number of hydrogen-bond donors (Lipinski definition) is 2. The van der Waals surface area contributed by atoms with Gasteiger partial charge >= 0.3 is 0 Å². The van der Waals surface area contributed by atoms with Crippen molar-refractivity contribution in [2.75, 3.05) is 26.8 Å². The Hall–Kier alpha value is -1.90. The molecule has 0 bridgehead atoms. The van der Waals surface area contributed by atoms with Gasteiger partial charge in [0.15, 0.2) is 0 Å². The Bertz CT molecular complexity index is 449. The highest BCUT2D eigenvalue weighted by Crippen LogP contribution is 2.04. The van der Waals surface area contributed by atoms with Gasteiger partial charge in [0, 0.05) is 31.5 Å². The van der Waals surface area contributed by atoms with E-state index in [9.17, 15) is 4.79 Å². The molecule has 2 N–H and O–H groups in total. The number of pyridine rings is 1. The van der Waals surface area contributed by atoms with Crippen molar-refractivity contribution >= 4 is 5.91 Å². The van der Waals surface area contributed by atoms with Crippen LogP contribution in [0.25, 0.3) is 0 Å². The molecular formula is C12H14N2O3. The van der Waals surface area contributed by atoms with Crippen LogP contribution in [0.2, 0.25) is 0 Å². The van der Waals surface area contributed by atoms with Crippen molar-refractivity contribution in [3.8, 4) is 11.8 Å². The fourth-order valence-electron chi connectivity index (χ4n) is 1.24. The van der Waals surface area contributed by atoms with E-state index in [4.69, 9.17) is 10.2 Å². The lowest BCUT2D eigenvalue weighted by Crippen LogP contribution is -2.29. The largest absolute Gasteiger partial charge is 0.395 e. The molecule has 17 heavy (non-hydrogen) atoms. The molecule has 1 heterocycles. The molecule has 1 aromatic heterocycles. The highest BCUT2D eigenvalue weighted by Gasteiger charge is 2.11. The molecule has 0 radical (unpaired) electrons. The van der Waals surface area contributed by atoms with Crippen LogP contribution in [-0.2, 0) is 0 Å². The van der Waals surface area contributed by atoms with E-state index in [1.165, 1.54) is 17.3 Å². The number of nitrogens with zero attached hydrogens (tertiary/aromatic N) is 2. The summed E-state index contributed by atoms with van der Waals surface area (Å²) in [6.45, 7) is -0.0480. The maximum absolute atomic E-state index is 11.8. The van der Waals surface area contributed by atoms with Gasteiger partial charge in [0.1, 0.15) is 6.61 Å². The second kappa shape index (κ2) is 6.63. The van der Waals surface area contributed by atoms with Crippen LogP contribution < -0.4 is 0 Å². The Morgan fingerprint density at radius 2 is 2.24 bits per heavy atom. The standard InChI is InChI=1S/C12H14N2O3/c1-14(4-6-16)12(17)11-7-10(3-2-5-15)8-13-9-11/h7-9,15-16H,4-6H2,1H3. The third-order valence-electron chi connectivity index (χ3n) is 2.08. The average Bonchev–Trinajstić information content (AvgIpc) is 2.36. The van der Waals surface area contributed by atoms with Gasteiger partial charge in [0.05, 0.1) is 12.2 Å². The van der Waals surface area contributed by atoms with Crippen LogP contribution in [-0.4, -0.2) is 52.8 Å². The van der Waals surface area contributed by atoms with Crippen molar-refractivity contribution in [2.24, 2.45) is 0 Å². The fraction of sp³-hybridized carbons (Fsp3) is 0.333. The van der Waals surface area contributed by atoms with Crippen molar-refractivity contribution in [2.45, 2.75) is 0 Å². The van der Waals surface area contributed by atoms with Gasteiger partial charge < -0.3 is 15.1 Å². The number of rotatable bonds is 3. The Morgan fingerprint density at radius 1 is 1.47 bits per heavy atom. The second-order valence-corrected chi connectivity index (χ2v) is 3.37. The van der Waals surface area contributed by atoms with E-state index >= 15 is 0 Å². The van der Waals surface area contributed by atoms with Crippen molar-refractivity contribution < 1.29 is 15.0 Å². The van der Waals surface area contributed by atoms with Gasteiger partial charge in [-0.25, -0.2) is 0 Å². The summed E-state index contributed by atoms with van der Waals surface area (Å²) >= 11 is 0. The van der Waals surface area contributed by atoms with Crippen molar-refractivity contribution in [3.05, 3.63) is 29.6 Å². The predicted octanol–water partition coefficient (Wildman–Crippen LogP) is -0.510. The molecule has 0 saturated carbocycles. The summed E-state index contributed by atoms with van der Waals surface area (Å²) in [4.78, 5) is 17.1. The fourth-order valence-corrected chi connectivity index (χ4v) is 1.24. The molecule has 5 nitrogen and oxygen atoms in total. The first-order valence-electron chi connectivity index (χ1n) is 5.10. The zero-order valence-electron chi connectivity index (χ0n) is 9.55. The maximum Gasteiger partial charge on any atom is 0.255 e. The van der Waals surface area contributed by atoms with E-state index < -0.39 is 0 Å². The Balaban J connectivity index is 2.87. The van der Waals surface area contributed by atoms with Gasteiger partial charge in [-0.15, -0.1) is 0 Å². The normalized spacial score (nSPS) is 9.35. The maximum atomic E-state index is 11.8.